The maximum absolute atomic E-state index is 10.3. The minimum atomic E-state index is -0.474. The van der Waals surface area contributed by atoms with E-state index in [-0.39, 0.29) is 11.8 Å². The lowest BCUT2D eigenvalue weighted by molar-refractivity contribution is -0.0236. The van der Waals surface area contributed by atoms with Crippen molar-refractivity contribution in [2.75, 3.05) is 7.11 Å². The average Bonchev–Trinajstić information content (AvgIpc) is 3.19. The van der Waals surface area contributed by atoms with Gasteiger partial charge in [-0.25, -0.2) is 5.01 Å². The van der Waals surface area contributed by atoms with Crippen LogP contribution in [0.15, 0.2) is 72.0 Å². The quantitative estimate of drug-likeness (QED) is 0.751. The number of ether oxygens (including phenoxy) is 2. The van der Waals surface area contributed by atoms with Gasteiger partial charge in [-0.3, -0.25) is 4.98 Å². The number of rotatable bonds is 3. The Morgan fingerprint density at radius 2 is 1.93 bits per heavy atom. The third-order valence-electron chi connectivity index (χ3n) is 5.16. The minimum absolute atomic E-state index is 0.0273. The number of hydrogen-bond acceptors (Lipinski definition) is 6. The first-order chi connectivity index (χ1) is 13.8. The Balaban J connectivity index is 1.64. The number of fused-ring (bicyclic) bond motifs is 3. The summed E-state index contributed by atoms with van der Waals surface area (Å²) in [7, 11) is 1.64. The molecule has 1 aromatic heterocycles. The first-order valence-electron chi connectivity index (χ1n) is 9.15. The molecule has 0 radical (unpaired) electrons. The van der Waals surface area contributed by atoms with Crippen molar-refractivity contribution >= 4 is 5.71 Å². The standard InChI is InChI=1S/C22H19N3O3/c1-27-20-11-6-8-15-18-13-17(14-7-2-3-10-19(14)26)24-25(18)22(28-21(15)20)16-9-4-5-12-23-16/h2-12,18,22,26H,13H2,1H3/t18-,22+/m0/s1. The first-order valence-corrected chi connectivity index (χ1v) is 9.15. The minimum Gasteiger partial charge on any atom is -0.507 e. The molecule has 3 heterocycles. The Hall–Kier alpha value is -3.54. The van der Waals surface area contributed by atoms with Gasteiger partial charge >= 0.3 is 0 Å². The summed E-state index contributed by atoms with van der Waals surface area (Å²) in [4.78, 5) is 4.48. The van der Waals surface area contributed by atoms with Gasteiger partial charge in [0.05, 0.1) is 18.9 Å². The van der Waals surface area contributed by atoms with Crippen molar-refractivity contribution < 1.29 is 14.6 Å². The Bertz CT molecular complexity index is 1050. The Morgan fingerprint density at radius 3 is 2.71 bits per heavy atom. The molecule has 28 heavy (non-hydrogen) atoms. The second-order valence-electron chi connectivity index (χ2n) is 6.77. The highest BCUT2D eigenvalue weighted by Gasteiger charge is 2.42. The lowest BCUT2D eigenvalue weighted by Gasteiger charge is -2.38. The molecule has 0 aliphatic carbocycles. The molecule has 0 bridgehead atoms. The van der Waals surface area contributed by atoms with E-state index < -0.39 is 6.23 Å². The Labute approximate surface area is 162 Å². The number of pyridine rings is 1. The molecule has 1 N–H and O–H groups in total. The van der Waals surface area contributed by atoms with Gasteiger partial charge in [0.15, 0.2) is 11.5 Å². The molecule has 2 aromatic carbocycles. The van der Waals surface area contributed by atoms with Gasteiger partial charge < -0.3 is 14.6 Å². The normalized spacial score (nSPS) is 20.0. The molecule has 2 aliphatic rings. The van der Waals surface area contributed by atoms with Crippen molar-refractivity contribution in [1.82, 2.24) is 9.99 Å². The predicted octanol–water partition coefficient (Wildman–Crippen LogP) is 4.04. The molecule has 0 spiro atoms. The van der Waals surface area contributed by atoms with Crippen LogP contribution in [0.4, 0.5) is 0 Å². The second kappa shape index (κ2) is 6.56. The summed E-state index contributed by atoms with van der Waals surface area (Å²) >= 11 is 0. The van der Waals surface area contributed by atoms with Crippen molar-refractivity contribution in [2.45, 2.75) is 18.7 Å². The molecule has 6 nitrogen and oxygen atoms in total. The highest BCUT2D eigenvalue weighted by molar-refractivity contribution is 6.04. The average molecular weight is 373 g/mol. The molecule has 0 unspecified atom stereocenters. The van der Waals surface area contributed by atoms with Crippen LogP contribution in [-0.2, 0) is 0 Å². The second-order valence-corrected chi connectivity index (χ2v) is 6.77. The highest BCUT2D eigenvalue weighted by Crippen LogP contribution is 2.50. The fraction of sp³-hybridized carbons (Fsp3) is 0.182. The van der Waals surface area contributed by atoms with Crippen LogP contribution in [0.5, 0.6) is 17.2 Å². The highest BCUT2D eigenvalue weighted by atomic mass is 16.5. The van der Waals surface area contributed by atoms with E-state index in [9.17, 15) is 5.11 Å². The van der Waals surface area contributed by atoms with E-state index in [4.69, 9.17) is 14.6 Å². The van der Waals surface area contributed by atoms with Crippen LogP contribution in [0, 0.1) is 0 Å². The van der Waals surface area contributed by atoms with Crippen LogP contribution in [-0.4, -0.2) is 27.9 Å². The molecular formula is C22H19N3O3. The van der Waals surface area contributed by atoms with Crippen molar-refractivity contribution in [2.24, 2.45) is 5.10 Å². The van der Waals surface area contributed by atoms with Gasteiger partial charge in [0.2, 0.25) is 6.23 Å². The van der Waals surface area contributed by atoms with Crippen LogP contribution in [0.3, 0.4) is 0 Å². The fourth-order valence-corrected chi connectivity index (χ4v) is 3.84. The van der Waals surface area contributed by atoms with Crippen LogP contribution >= 0.6 is 0 Å². The number of phenolic OH excluding ortho intramolecular Hbond substituents is 1. The van der Waals surface area contributed by atoms with Crippen molar-refractivity contribution in [3.8, 4) is 17.2 Å². The molecule has 3 aromatic rings. The zero-order chi connectivity index (χ0) is 19.1. The molecular weight excluding hydrogens is 354 g/mol. The number of para-hydroxylation sites is 2. The van der Waals surface area contributed by atoms with Gasteiger partial charge in [0, 0.05) is 23.7 Å². The topological polar surface area (TPSA) is 67.2 Å². The number of aromatic nitrogens is 1. The summed E-state index contributed by atoms with van der Waals surface area (Å²) in [6, 6.07) is 18.9. The molecule has 5 rings (SSSR count). The van der Waals surface area contributed by atoms with Crippen LogP contribution in [0.1, 0.15) is 35.5 Å². The van der Waals surface area contributed by atoms with Crippen molar-refractivity contribution in [1.29, 1.82) is 0 Å². The number of methoxy groups -OCH3 is 1. The first kappa shape index (κ1) is 16.6. The zero-order valence-electron chi connectivity index (χ0n) is 15.3. The molecule has 6 heteroatoms. The van der Waals surface area contributed by atoms with Gasteiger partial charge in [-0.1, -0.05) is 30.3 Å². The summed E-state index contributed by atoms with van der Waals surface area (Å²) < 4.78 is 11.9. The lowest BCUT2D eigenvalue weighted by atomic mass is 9.95. The van der Waals surface area contributed by atoms with Crippen molar-refractivity contribution in [3.63, 3.8) is 0 Å². The number of hydrogen-bond donors (Lipinski definition) is 1. The summed E-state index contributed by atoms with van der Waals surface area (Å²) in [5.74, 6) is 1.63. The number of hydrazone groups is 1. The molecule has 0 saturated carbocycles. The molecule has 0 fully saturated rings. The van der Waals surface area contributed by atoms with Crippen LogP contribution in [0.2, 0.25) is 0 Å². The monoisotopic (exact) mass is 373 g/mol. The van der Waals surface area contributed by atoms with Gasteiger partial charge in [-0.05, 0) is 30.3 Å². The smallest absolute Gasteiger partial charge is 0.230 e. The zero-order valence-corrected chi connectivity index (χ0v) is 15.3. The Kier molecular flexibility index (Phi) is 3.90. The summed E-state index contributed by atoms with van der Waals surface area (Å²) in [6.45, 7) is 0. The number of phenols is 1. The van der Waals surface area contributed by atoms with Gasteiger partial charge in [0.1, 0.15) is 11.4 Å². The third-order valence-corrected chi connectivity index (χ3v) is 5.16. The van der Waals surface area contributed by atoms with Crippen LogP contribution < -0.4 is 9.47 Å². The van der Waals surface area contributed by atoms with E-state index in [1.807, 2.05) is 59.6 Å². The molecule has 2 aliphatic heterocycles. The maximum atomic E-state index is 10.3. The Morgan fingerprint density at radius 1 is 1.07 bits per heavy atom. The van der Waals surface area contributed by atoms with E-state index >= 15 is 0 Å². The van der Waals surface area contributed by atoms with E-state index in [2.05, 4.69) is 4.98 Å². The lowest BCUT2D eigenvalue weighted by Crippen LogP contribution is -2.34. The number of benzene rings is 2. The maximum Gasteiger partial charge on any atom is 0.230 e. The van der Waals surface area contributed by atoms with Crippen LogP contribution in [0.25, 0.3) is 0 Å². The van der Waals surface area contributed by atoms with Crippen molar-refractivity contribution in [3.05, 3.63) is 83.7 Å². The number of aromatic hydroxyl groups is 1. The predicted molar refractivity (Wildman–Crippen MR) is 104 cm³/mol. The molecule has 0 amide bonds. The fourth-order valence-electron chi connectivity index (χ4n) is 3.84. The van der Waals surface area contributed by atoms with E-state index in [0.717, 1.165) is 28.3 Å². The van der Waals surface area contributed by atoms with Gasteiger partial charge in [-0.15, -0.1) is 0 Å². The molecule has 0 saturated heterocycles. The summed E-state index contributed by atoms with van der Waals surface area (Å²) in [5.41, 5.74) is 3.34. The number of nitrogens with zero attached hydrogens (tertiary/aromatic N) is 3. The van der Waals surface area contributed by atoms with E-state index in [0.29, 0.717) is 12.2 Å². The van der Waals surface area contributed by atoms with E-state index in [1.54, 1.807) is 19.4 Å². The molecule has 140 valence electrons. The SMILES string of the molecule is COc1cccc2c1O[C@H](c1ccccn1)N1N=C(c3ccccc3O)C[C@@H]21. The van der Waals surface area contributed by atoms with Gasteiger partial charge in [0.25, 0.3) is 0 Å². The van der Waals surface area contributed by atoms with Gasteiger partial charge in [-0.2, -0.15) is 5.10 Å². The molecule has 2 atom stereocenters. The van der Waals surface area contributed by atoms with E-state index in [1.165, 1.54) is 0 Å². The largest absolute Gasteiger partial charge is 0.507 e. The summed E-state index contributed by atoms with van der Waals surface area (Å²) in [6.07, 6.45) is 1.93. The summed E-state index contributed by atoms with van der Waals surface area (Å²) in [5, 5.41) is 17.1. The third kappa shape index (κ3) is 2.57.